The second-order valence-electron chi connectivity index (χ2n) is 6.69. The first-order valence-corrected chi connectivity index (χ1v) is 8.95. The summed E-state index contributed by atoms with van der Waals surface area (Å²) in [6.45, 7) is 10.5. The fraction of sp³-hybridized carbons (Fsp3) is 1.00. The number of hydrogen-bond donors (Lipinski definition) is 1. The van der Waals surface area contributed by atoms with Gasteiger partial charge in [0.25, 0.3) is 0 Å². The maximum Gasteiger partial charge on any atom is 0.0126 e. The average molecular weight is 268 g/mol. The Bertz CT molecular complexity index is 218. The monoisotopic (exact) mass is 267 g/mol. The Morgan fingerprint density at radius 2 is 1.74 bits per heavy atom. The van der Waals surface area contributed by atoms with E-state index < -0.39 is 0 Å². The maximum atomic E-state index is 3.86. The second-order valence-corrected chi connectivity index (χ2v) is 6.69. The van der Waals surface area contributed by atoms with Gasteiger partial charge in [0.1, 0.15) is 0 Å². The molecule has 114 valence electrons. The number of nitrogens with one attached hydrogen (secondary N) is 1. The fourth-order valence-electron chi connectivity index (χ4n) is 4.14. The summed E-state index contributed by atoms with van der Waals surface area (Å²) in [6.07, 6.45) is 14.2. The minimum Gasteiger partial charge on any atom is -0.314 e. The van der Waals surface area contributed by atoms with Gasteiger partial charge in [-0.3, -0.25) is 0 Å². The predicted molar refractivity (Wildman–Crippen MR) is 86.6 cm³/mol. The van der Waals surface area contributed by atoms with Crippen molar-refractivity contribution in [2.24, 2.45) is 11.3 Å². The minimum atomic E-state index is 0.621. The Hall–Kier alpha value is -0.0400. The molecule has 1 heteroatoms. The van der Waals surface area contributed by atoms with Crippen LogP contribution in [0.2, 0.25) is 0 Å². The molecule has 0 amide bonds. The van der Waals surface area contributed by atoms with Crippen LogP contribution in [0.15, 0.2) is 0 Å². The molecule has 19 heavy (non-hydrogen) atoms. The third-order valence-electron chi connectivity index (χ3n) is 5.61. The van der Waals surface area contributed by atoms with Gasteiger partial charge in [-0.1, -0.05) is 66.2 Å². The third-order valence-corrected chi connectivity index (χ3v) is 5.61. The lowest BCUT2D eigenvalue weighted by atomic mass is 9.72. The molecule has 0 bridgehead atoms. The van der Waals surface area contributed by atoms with Crippen LogP contribution in [0.5, 0.6) is 0 Å². The fourth-order valence-corrected chi connectivity index (χ4v) is 4.14. The van der Waals surface area contributed by atoms with Crippen molar-refractivity contribution in [3.63, 3.8) is 0 Å². The van der Waals surface area contributed by atoms with Gasteiger partial charge in [0, 0.05) is 6.04 Å². The molecule has 0 radical (unpaired) electrons. The van der Waals surface area contributed by atoms with E-state index in [2.05, 4.69) is 33.0 Å². The molecule has 0 aromatic rings. The Balaban J connectivity index is 2.64. The average Bonchev–Trinajstić information content (AvgIpc) is 2.92. The van der Waals surface area contributed by atoms with Crippen molar-refractivity contribution < 1.29 is 0 Å². The number of hydrogen-bond acceptors (Lipinski definition) is 1. The van der Waals surface area contributed by atoms with E-state index in [1.807, 2.05) is 0 Å². The Kier molecular flexibility index (Phi) is 8.06. The van der Waals surface area contributed by atoms with Crippen molar-refractivity contribution in [1.82, 2.24) is 5.32 Å². The molecular weight excluding hydrogens is 230 g/mol. The molecule has 1 aliphatic rings. The lowest BCUT2D eigenvalue weighted by Gasteiger charge is -2.39. The van der Waals surface area contributed by atoms with Gasteiger partial charge < -0.3 is 5.32 Å². The Morgan fingerprint density at radius 3 is 2.21 bits per heavy atom. The van der Waals surface area contributed by atoms with Crippen molar-refractivity contribution in [2.45, 2.75) is 97.9 Å². The molecule has 0 saturated heterocycles. The van der Waals surface area contributed by atoms with E-state index in [4.69, 9.17) is 0 Å². The molecule has 1 aliphatic carbocycles. The molecule has 1 fully saturated rings. The zero-order valence-corrected chi connectivity index (χ0v) is 13.9. The van der Waals surface area contributed by atoms with Crippen molar-refractivity contribution in [3.8, 4) is 0 Å². The van der Waals surface area contributed by atoms with Crippen LogP contribution < -0.4 is 5.32 Å². The summed E-state index contributed by atoms with van der Waals surface area (Å²) in [4.78, 5) is 0. The van der Waals surface area contributed by atoms with E-state index in [1.165, 1.54) is 64.2 Å². The first kappa shape index (κ1) is 17.0. The zero-order chi connectivity index (χ0) is 14.1. The van der Waals surface area contributed by atoms with E-state index in [9.17, 15) is 0 Å². The van der Waals surface area contributed by atoms with Crippen molar-refractivity contribution in [2.75, 3.05) is 6.54 Å². The van der Waals surface area contributed by atoms with Gasteiger partial charge in [-0.05, 0) is 43.6 Å². The van der Waals surface area contributed by atoms with E-state index in [0.717, 1.165) is 18.5 Å². The lowest BCUT2D eigenvalue weighted by Crippen LogP contribution is -2.44. The van der Waals surface area contributed by atoms with Crippen LogP contribution in [0.3, 0.4) is 0 Å². The summed E-state index contributed by atoms with van der Waals surface area (Å²) < 4.78 is 0. The summed E-state index contributed by atoms with van der Waals surface area (Å²) >= 11 is 0. The van der Waals surface area contributed by atoms with E-state index >= 15 is 0 Å². The molecule has 1 rings (SSSR count). The standard InChI is InChI=1S/C18H37N/c1-5-9-12-16(6-2)15-17(19-8-4)18(7-3)13-10-11-14-18/h16-17,19H,5-15H2,1-4H3. The normalized spacial score (nSPS) is 21.5. The molecule has 1 nitrogen and oxygen atoms in total. The first-order valence-electron chi connectivity index (χ1n) is 8.95. The summed E-state index contributed by atoms with van der Waals surface area (Å²) in [6, 6.07) is 0.770. The highest BCUT2D eigenvalue weighted by Crippen LogP contribution is 2.46. The van der Waals surface area contributed by atoms with Crippen LogP contribution in [0, 0.1) is 11.3 Å². The van der Waals surface area contributed by atoms with Crippen LogP contribution in [0.25, 0.3) is 0 Å². The molecule has 0 aliphatic heterocycles. The molecule has 0 aromatic heterocycles. The molecule has 2 unspecified atom stereocenters. The molecule has 0 aromatic carbocycles. The predicted octanol–water partition coefficient (Wildman–Crippen LogP) is 5.54. The topological polar surface area (TPSA) is 12.0 Å². The van der Waals surface area contributed by atoms with Gasteiger partial charge in [0.05, 0.1) is 0 Å². The SMILES string of the molecule is CCCCC(CC)CC(NCC)C1(CC)CCCC1. The largest absolute Gasteiger partial charge is 0.314 e. The summed E-state index contributed by atoms with van der Waals surface area (Å²) in [5.41, 5.74) is 0.621. The quantitative estimate of drug-likeness (QED) is 0.548. The van der Waals surface area contributed by atoms with Gasteiger partial charge in [-0.2, -0.15) is 0 Å². The van der Waals surface area contributed by atoms with Gasteiger partial charge in [-0.25, -0.2) is 0 Å². The molecule has 0 spiro atoms. The van der Waals surface area contributed by atoms with E-state index in [1.54, 1.807) is 0 Å². The van der Waals surface area contributed by atoms with Crippen LogP contribution in [-0.4, -0.2) is 12.6 Å². The van der Waals surface area contributed by atoms with E-state index in [-0.39, 0.29) is 0 Å². The van der Waals surface area contributed by atoms with Crippen LogP contribution in [0.4, 0.5) is 0 Å². The zero-order valence-electron chi connectivity index (χ0n) is 13.9. The summed E-state index contributed by atoms with van der Waals surface area (Å²) in [7, 11) is 0. The second kappa shape index (κ2) is 9.00. The lowest BCUT2D eigenvalue weighted by molar-refractivity contribution is 0.156. The van der Waals surface area contributed by atoms with Crippen molar-refractivity contribution >= 4 is 0 Å². The molecule has 1 saturated carbocycles. The van der Waals surface area contributed by atoms with Gasteiger partial charge >= 0.3 is 0 Å². The van der Waals surface area contributed by atoms with Crippen LogP contribution >= 0.6 is 0 Å². The molecular formula is C18H37N. The maximum absolute atomic E-state index is 3.86. The highest BCUT2D eigenvalue weighted by Gasteiger charge is 2.39. The molecule has 1 N–H and O–H groups in total. The number of unbranched alkanes of at least 4 members (excludes halogenated alkanes) is 1. The van der Waals surface area contributed by atoms with E-state index in [0.29, 0.717) is 5.41 Å². The Labute approximate surface area is 121 Å². The van der Waals surface area contributed by atoms with Gasteiger partial charge in [0.15, 0.2) is 0 Å². The molecule has 0 heterocycles. The smallest absolute Gasteiger partial charge is 0.0126 e. The summed E-state index contributed by atoms with van der Waals surface area (Å²) in [5.74, 6) is 0.938. The van der Waals surface area contributed by atoms with Crippen molar-refractivity contribution in [3.05, 3.63) is 0 Å². The Morgan fingerprint density at radius 1 is 1.05 bits per heavy atom. The van der Waals surface area contributed by atoms with Crippen molar-refractivity contribution in [1.29, 1.82) is 0 Å². The minimum absolute atomic E-state index is 0.621. The first-order chi connectivity index (χ1) is 9.22. The number of rotatable bonds is 10. The summed E-state index contributed by atoms with van der Waals surface area (Å²) in [5, 5.41) is 3.86. The van der Waals surface area contributed by atoms with Crippen LogP contribution in [0.1, 0.15) is 91.9 Å². The van der Waals surface area contributed by atoms with Gasteiger partial charge in [0.2, 0.25) is 0 Å². The van der Waals surface area contributed by atoms with Gasteiger partial charge in [-0.15, -0.1) is 0 Å². The molecule has 2 atom stereocenters. The van der Waals surface area contributed by atoms with Crippen LogP contribution in [-0.2, 0) is 0 Å². The third kappa shape index (κ3) is 4.77. The highest BCUT2D eigenvalue weighted by atomic mass is 14.9. The highest BCUT2D eigenvalue weighted by molar-refractivity contribution is 4.94.